The molecule has 174 valence electrons. The van der Waals surface area contributed by atoms with Crippen LogP contribution in [0.3, 0.4) is 0 Å². The van der Waals surface area contributed by atoms with Crippen LogP contribution in [0.25, 0.3) is 10.9 Å². The number of alkyl halides is 2. The van der Waals surface area contributed by atoms with Crippen LogP contribution in [0.15, 0.2) is 9.59 Å². The van der Waals surface area contributed by atoms with Gasteiger partial charge >= 0.3 is 5.69 Å². The van der Waals surface area contributed by atoms with Crippen molar-refractivity contribution in [2.24, 2.45) is 17.6 Å². The molecule has 3 aliphatic rings. The van der Waals surface area contributed by atoms with Crippen LogP contribution in [0.2, 0.25) is 0 Å². The maximum atomic E-state index is 15.8. The molecule has 3 fully saturated rings. The molecule has 7 nitrogen and oxygen atoms in total. The van der Waals surface area contributed by atoms with Crippen LogP contribution < -0.4 is 26.6 Å². The summed E-state index contributed by atoms with van der Waals surface area (Å²) in [5, 5.41) is -0.519. The Kier molecular flexibility index (Phi) is 5.22. The lowest BCUT2D eigenvalue weighted by molar-refractivity contribution is 0.148. The van der Waals surface area contributed by atoms with Crippen molar-refractivity contribution in [2.75, 3.05) is 25.1 Å². The van der Waals surface area contributed by atoms with Gasteiger partial charge in [0.05, 0.1) is 18.1 Å². The Bertz CT molecular complexity index is 1170. The molecule has 2 aromatic rings. The minimum Gasteiger partial charge on any atom is -0.492 e. The third-order valence-corrected chi connectivity index (χ3v) is 7.34. The summed E-state index contributed by atoms with van der Waals surface area (Å²) in [7, 11) is 1.31. The molecule has 1 aromatic carbocycles. The zero-order chi connectivity index (χ0) is 22.7. The number of rotatable bonds is 4. The Balaban J connectivity index is 1.78. The number of methoxy groups -OCH3 is 1. The fourth-order valence-corrected chi connectivity index (χ4v) is 5.70. The number of benzene rings is 1. The van der Waals surface area contributed by atoms with Crippen molar-refractivity contribution in [1.82, 2.24) is 9.55 Å². The number of nitrogens with one attached hydrogen (secondary N) is 1. The van der Waals surface area contributed by atoms with Gasteiger partial charge in [-0.05, 0) is 37.5 Å². The van der Waals surface area contributed by atoms with Crippen LogP contribution in [0, 0.1) is 17.7 Å². The average molecular weight is 452 g/mol. The maximum Gasteiger partial charge on any atom is 0.329 e. The molecule has 2 saturated carbocycles. The molecule has 3 unspecified atom stereocenters. The molecule has 0 bridgehead atoms. The van der Waals surface area contributed by atoms with Crippen LogP contribution >= 0.6 is 0 Å². The number of anilines is 1. The largest absolute Gasteiger partial charge is 0.492 e. The fraction of sp³-hybridized carbons (Fsp3) is 0.636. The van der Waals surface area contributed by atoms with Crippen molar-refractivity contribution in [3.8, 4) is 5.75 Å². The van der Waals surface area contributed by atoms with Gasteiger partial charge in [-0.25, -0.2) is 18.0 Å². The standard InChI is InChI=1S/C22H27F3N4O3/c1-32-19-17-15(21(30)27-22(31)29(17)11-6-7-11)14(20(24)25)16(23)18(19)28-8-10-4-2-3-5-13(26)12(10)9-28/h10-13,20H,2-9,26H2,1H3,(H,27,30,31). The first-order chi connectivity index (χ1) is 15.3. The van der Waals surface area contributed by atoms with Crippen molar-refractivity contribution in [1.29, 1.82) is 0 Å². The van der Waals surface area contributed by atoms with Gasteiger partial charge in [0.2, 0.25) is 0 Å². The van der Waals surface area contributed by atoms with Crippen molar-refractivity contribution >= 4 is 16.6 Å². The number of nitrogens with two attached hydrogens (primary N) is 1. The second-order valence-electron chi connectivity index (χ2n) is 9.27. The van der Waals surface area contributed by atoms with Crippen LogP contribution in [0.5, 0.6) is 5.75 Å². The zero-order valence-electron chi connectivity index (χ0n) is 17.9. The minimum absolute atomic E-state index is 0.0379. The SMILES string of the molecule is COc1c(N2CC3CCCCC(N)C3C2)c(F)c(C(F)F)c2c(=O)[nH]c(=O)n(C3CC3)c12. The van der Waals surface area contributed by atoms with Crippen molar-refractivity contribution in [2.45, 2.75) is 57.0 Å². The van der Waals surface area contributed by atoms with Crippen LogP contribution in [-0.4, -0.2) is 35.8 Å². The van der Waals surface area contributed by atoms with Crippen molar-refractivity contribution in [3.63, 3.8) is 0 Å². The van der Waals surface area contributed by atoms with Crippen molar-refractivity contribution < 1.29 is 17.9 Å². The van der Waals surface area contributed by atoms with Gasteiger partial charge < -0.3 is 15.4 Å². The van der Waals surface area contributed by atoms with Gasteiger partial charge in [-0.2, -0.15) is 0 Å². The number of aromatic nitrogens is 2. The van der Waals surface area contributed by atoms with E-state index >= 15 is 4.39 Å². The Labute approximate surface area is 182 Å². The molecule has 0 radical (unpaired) electrons. The zero-order valence-corrected chi connectivity index (χ0v) is 17.9. The molecule has 1 aliphatic heterocycles. The van der Waals surface area contributed by atoms with Gasteiger partial charge in [-0.1, -0.05) is 12.8 Å². The second kappa shape index (κ2) is 7.83. The summed E-state index contributed by atoms with van der Waals surface area (Å²) in [6.45, 7) is 0.890. The normalized spacial score (nSPS) is 25.9. The van der Waals surface area contributed by atoms with E-state index in [9.17, 15) is 18.4 Å². The molecule has 2 aliphatic carbocycles. The molecule has 10 heteroatoms. The number of hydrogen-bond donors (Lipinski definition) is 2. The van der Waals surface area contributed by atoms with Gasteiger partial charge in [0, 0.05) is 25.2 Å². The molecule has 2 heterocycles. The molecule has 0 spiro atoms. The monoisotopic (exact) mass is 452 g/mol. The predicted molar refractivity (Wildman–Crippen MR) is 114 cm³/mol. The van der Waals surface area contributed by atoms with Gasteiger partial charge in [0.15, 0.2) is 11.6 Å². The molecular weight excluding hydrogens is 425 g/mol. The first-order valence-corrected chi connectivity index (χ1v) is 11.2. The quantitative estimate of drug-likeness (QED) is 0.744. The van der Waals surface area contributed by atoms with Gasteiger partial charge in [-0.15, -0.1) is 0 Å². The molecule has 5 rings (SSSR count). The second-order valence-corrected chi connectivity index (χ2v) is 9.27. The lowest BCUT2D eigenvalue weighted by Gasteiger charge is -2.26. The smallest absolute Gasteiger partial charge is 0.329 e. The Morgan fingerprint density at radius 3 is 2.50 bits per heavy atom. The van der Waals surface area contributed by atoms with E-state index in [4.69, 9.17) is 10.5 Å². The number of nitrogens with zero attached hydrogens (tertiary/aromatic N) is 2. The molecule has 32 heavy (non-hydrogen) atoms. The first kappa shape index (κ1) is 21.4. The van der Waals surface area contributed by atoms with Crippen LogP contribution in [0.4, 0.5) is 18.9 Å². The third kappa shape index (κ3) is 3.22. The van der Waals surface area contributed by atoms with E-state index in [1.54, 1.807) is 4.90 Å². The van der Waals surface area contributed by atoms with E-state index in [1.165, 1.54) is 11.7 Å². The number of H-pyrrole nitrogens is 1. The number of fused-ring (bicyclic) bond motifs is 2. The van der Waals surface area contributed by atoms with E-state index < -0.39 is 34.4 Å². The lowest BCUT2D eigenvalue weighted by Crippen LogP contribution is -2.34. The summed E-state index contributed by atoms with van der Waals surface area (Å²) in [4.78, 5) is 29.0. The van der Waals surface area contributed by atoms with E-state index in [2.05, 4.69) is 4.98 Å². The maximum absolute atomic E-state index is 15.8. The topological polar surface area (TPSA) is 93.3 Å². The molecule has 0 amide bonds. The Morgan fingerprint density at radius 2 is 1.84 bits per heavy atom. The van der Waals surface area contributed by atoms with E-state index in [0.29, 0.717) is 25.9 Å². The minimum atomic E-state index is -3.23. The molecule has 3 atom stereocenters. The summed E-state index contributed by atoms with van der Waals surface area (Å²) in [6, 6.07) is -0.276. The van der Waals surface area contributed by atoms with Gasteiger partial charge in [-0.3, -0.25) is 14.3 Å². The van der Waals surface area contributed by atoms with Gasteiger partial charge in [0.25, 0.3) is 12.0 Å². The highest BCUT2D eigenvalue weighted by Crippen LogP contribution is 2.48. The number of hydrogen-bond acceptors (Lipinski definition) is 5. The summed E-state index contributed by atoms with van der Waals surface area (Å²) in [5.74, 6) is -0.855. The van der Waals surface area contributed by atoms with E-state index in [1.807, 2.05) is 0 Å². The average Bonchev–Trinajstić information content (AvgIpc) is 3.51. The van der Waals surface area contributed by atoms with E-state index in [0.717, 1.165) is 25.7 Å². The van der Waals surface area contributed by atoms with Crippen LogP contribution in [0.1, 0.15) is 56.6 Å². The highest BCUT2D eigenvalue weighted by Gasteiger charge is 2.42. The van der Waals surface area contributed by atoms with Gasteiger partial charge in [0.1, 0.15) is 11.2 Å². The Hall–Kier alpha value is -2.49. The van der Waals surface area contributed by atoms with Crippen LogP contribution in [-0.2, 0) is 0 Å². The fourth-order valence-electron chi connectivity index (χ4n) is 5.70. The first-order valence-electron chi connectivity index (χ1n) is 11.2. The summed E-state index contributed by atoms with van der Waals surface area (Å²) in [6.07, 6.45) is 2.01. The molecular formula is C22H27F3N4O3. The summed E-state index contributed by atoms with van der Waals surface area (Å²) in [5.41, 5.74) is 3.52. The number of halogens is 3. The Morgan fingerprint density at radius 1 is 1.12 bits per heavy atom. The lowest BCUT2D eigenvalue weighted by atomic mass is 9.88. The highest BCUT2D eigenvalue weighted by molar-refractivity contribution is 5.94. The summed E-state index contributed by atoms with van der Waals surface area (Å²) < 4.78 is 50.9. The van der Waals surface area contributed by atoms with E-state index in [-0.39, 0.29) is 40.9 Å². The summed E-state index contributed by atoms with van der Waals surface area (Å²) >= 11 is 0. The molecule has 1 saturated heterocycles. The predicted octanol–water partition coefficient (Wildman–Crippen LogP) is 3.06. The highest BCUT2D eigenvalue weighted by atomic mass is 19.3. The van der Waals surface area contributed by atoms with Crippen molar-refractivity contribution in [3.05, 3.63) is 32.2 Å². The third-order valence-electron chi connectivity index (χ3n) is 7.34. The molecule has 3 N–H and O–H groups in total. The number of ether oxygens (including phenoxy) is 1. The molecule has 1 aromatic heterocycles. The number of aromatic amines is 1.